The summed E-state index contributed by atoms with van der Waals surface area (Å²) in [5.41, 5.74) is 6.31. The highest BCUT2D eigenvalue weighted by molar-refractivity contribution is 5.86. The molecule has 0 aliphatic carbocycles. The van der Waals surface area contributed by atoms with E-state index in [1.807, 2.05) is 19.1 Å². The van der Waals surface area contributed by atoms with Crippen molar-refractivity contribution in [2.24, 2.45) is 11.7 Å². The Morgan fingerprint density at radius 2 is 2.08 bits per heavy atom. The zero-order valence-corrected chi connectivity index (χ0v) is 15.8. The molecule has 0 saturated carbocycles. The number of pyridine rings is 1. The molecule has 1 unspecified atom stereocenters. The van der Waals surface area contributed by atoms with Crippen molar-refractivity contribution < 1.29 is 9.59 Å². The van der Waals surface area contributed by atoms with Crippen LogP contribution in [0, 0.1) is 5.92 Å². The summed E-state index contributed by atoms with van der Waals surface area (Å²) in [6, 6.07) is 3.79. The maximum absolute atomic E-state index is 12.5. The van der Waals surface area contributed by atoms with Gasteiger partial charge in [-0.2, -0.15) is 0 Å². The van der Waals surface area contributed by atoms with Crippen LogP contribution in [0.2, 0.25) is 0 Å². The predicted octanol–water partition coefficient (Wildman–Crippen LogP) is 1.88. The Kier molecular flexibility index (Phi) is 8.32. The Bertz CT molecular complexity index is 557. The first kappa shape index (κ1) is 21.4. The zero-order chi connectivity index (χ0) is 17.6. The summed E-state index contributed by atoms with van der Waals surface area (Å²) < 4.78 is 0. The molecule has 1 aromatic rings. The van der Waals surface area contributed by atoms with Gasteiger partial charge in [-0.15, -0.1) is 12.4 Å². The van der Waals surface area contributed by atoms with Gasteiger partial charge in [0.15, 0.2) is 0 Å². The lowest BCUT2D eigenvalue weighted by Crippen LogP contribution is -2.55. The smallest absolute Gasteiger partial charge is 0.242 e. The molecule has 3 N–H and O–H groups in total. The third kappa shape index (κ3) is 5.97. The fraction of sp³-hybridized carbons (Fsp3) is 0.611. The van der Waals surface area contributed by atoms with Crippen molar-refractivity contribution in [3.63, 3.8) is 0 Å². The number of aromatic nitrogens is 1. The lowest BCUT2D eigenvalue weighted by molar-refractivity contribution is -0.140. The van der Waals surface area contributed by atoms with Crippen molar-refractivity contribution in [2.75, 3.05) is 13.1 Å². The van der Waals surface area contributed by atoms with E-state index >= 15 is 0 Å². The molecule has 140 valence electrons. The molecule has 1 aliphatic heterocycles. The standard InChI is InChI=1S/C18H28N4O2.ClH/c1-3-8-18(2,19)17(24)22-10-6-15(7-11-22)16(23)21-13-14-5-4-9-20-12-14;/h4-5,9,12,15H,3,6-8,10-11,13,19H2,1-2H3,(H,21,23);1H. The van der Waals surface area contributed by atoms with E-state index in [1.54, 1.807) is 24.2 Å². The summed E-state index contributed by atoms with van der Waals surface area (Å²) in [6.07, 6.45) is 6.39. The highest BCUT2D eigenvalue weighted by atomic mass is 35.5. The Morgan fingerprint density at radius 1 is 1.40 bits per heavy atom. The van der Waals surface area contributed by atoms with Gasteiger partial charge in [0.05, 0.1) is 5.54 Å². The van der Waals surface area contributed by atoms with Crippen molar-refractivity contribution in [1.29, 1.82) is 0 Å². The number of carbonyl (C=O) groups excluding carboxylic acids is 2. The third-order valence-corrected chi connectivity index (χ3v) is 4.60. The fourth-order valence-corrected chi connectivity index (χ4v) is 3.17. The van der Waals surface area contributed by atoms with Crippen LogP contribution < -0.4 is 11.1 Å². The Balaban J connectivity index is 0.00000312. The molecule has 0 radical (unpaired) electrons. The van der Waals surface area contributed by atoms with Gasteiger partial charge < -0.3 is 16.0 Å². The van der Waals surface area contributed by atoms with Gasteiger partial charge >= 0.3 is 0 Å². The van der Waals surface area contributed by atoms with Gasteiger partial charge in [-0.1, -0.05) is 19.4 Å². The summed E-state index contributed by atoms with van der Waals surface area (Å²) in [5.74, 6) is 0.00881. The maximum atomic E-state index is 12.5. The van der Waals surface area contributed by atoms with Gasteiger partial charge in [-0.3, -0.25) is 14.6 Å². The first-order chi connectivity index (χ1) is 11.4. The number of nitrogens with one attached hydrogen (secondary N) is 1. The number of carbonyl (C=O) groups is 2. The average Bonchev–Trinajstić information content (AvgIpc) is 2.60. The quantitative estimate of drug-likeness (QED) is 0.802. The van der Waals surface area contributed by atoms with Crippen LogP contribution in [0.25, 0.3) is 0 Å². The van der Waals surface area contributed by atoms with Crippen LogP contribution in [-0.2, 0) is 16.1 Å². The predicted molar refractivity (Wildman–Crippen MR) is 100 cm³/mol. The second-order valence-corrected chi connectivity index (χ2v) is 6.81. The third-order valence-electron chi connectivity index (χ3n) is 4.60. The van der Waals surface area contributed by atoms with Crippen molar-refractivity contribution in [3.8, 4) is 0 Å². The number of piperidine rings is 1. The molecule has 2 amide bonds. The number of rotatable bonds is 6. The van der Waals surface area contributed by atoms with Gasteiger partial charge in [0, 0.05) is 37.9 Å². The molecule has 0 bridgehead atoms. The summed E-state index contributed by atoms with van der Waals surface area (Å²) in [5, 5.41) is 2.96. The van der Waals surface area contributed by atoms with Gasteiger partial charge in [0.1, 0.15) is 0 Å². The van der Waals surface area contributed by atoms with Gasteiger partial charge in [-0.05, 0) is 37.8 Å². The van der Waals surface area contributed by atoms with Gasteiger partial charge in [-0.25, -0.2) is 0 Å². The summed E-state index contributed by atoms with van der Waals surface area (Å²) in [7, 11) is 0. The minimum Gasteiger partial charge on any atom is -0.352 e. The number of nitrogens with zero attached hydrogens (tertiary/aromatic N) is 2. The topological polar surface area (TPSA) is 88.3 Å². The molecule has 1 atom stereocenters. The van der Waals surface area contributed by atoms with Crippen molar-refractivity contribution in [2.45, 2.75) is 51.6 Å². The van der Waals surface area contributed by atoms with Crippen LogP contribution in [0.15, 0.2) is 24.5 Å². The monoisotopic (exact) mass is 368 g/mol. The maximum Gasteiger partial charge on any atom is 0.242 e. The van der Waals surface area contributed by atoms with Crippen molar-refractivity contribution in [1.82, 2.24) is 15.2 Å². The molecule has 1 saturated heterocycles. The Labute approximate surface area is 156 Å². The Morgan fingerprint density at radius 3 is 2.64 bits per heavy atom. The highest BCUT2D eigenvalue weighted by Gasteiger charge is 2.35. The normalized spacial score (nSPS) is 17.3. The lowest BCUT2D eigenvalue weighted by atomic mass is 9.91. The molecule has 7 heteroatoms. The molecule has 25 heavy (non-hydrogen) atoms. The number of likely N-dealkylation sites (tertiary alicyclic amines) is 1. The molecule has 1 fully saturated rings. The number of nitrogens with two attached hydrogens (primary N) is 1. The number of hydrogen-bond donors (Lipinski definition) is 2. The van der Waals surface area contributed by atoms with Crippen LogP contribution in [0.3, 0.4) is 0 Å². The molecule has 0 spiro atoms. The summed E-state index contributed by atoms with van der Waals surface area (Å²) in [4.78, 5) is 30.6. The van der Waals surface area contributed by atoms with Crippen LogP contribution in [-0.4, -0.2) is 40.3 Å². The second-order valence-electron chi connectivity index (χ2n) is 6.81. The fourth-order valence-electron chi connectivity index (χ4n) is 3.17. The highest BCUT2D eigenvalue weighted by Crippen LogP contribution is 2.21. The van der Waals surface area contributed by atoms with Crippen LogP contribution in [0.4, 0.5) is 0 Å². The molecular weight excluding hydrogens is 340 g/mol. The second kappa shape index (κ2) is 9.73. The minimum atomic E-state index is -0.801. The summed E-state index contributed by atoms with van der Waals surface area (Å²) >= 11 is 0. The minimum absolute atomic E-state index is 0. The van der Waals surface area contributed by atoms with E-state index in [-0.39, 0.29) is 30.1 Å². The van der Waals surface area contributed by atoms with Crippen LogP contribution in [0.5, 0.6) is 0 Å². The van der Waals surface area contributed by atoms with Gasteiger partial charge in [0.2, 0.25) is 11.8 Å². The van der Waals surface area contributed by atoms with E-state index in [2.05, 4.69) is 10.3 Å². The van der Waals surface area contributed by atoms with Crippen LogP contribution in [0.1, 0.15) is 45.1 Å². The largest absolute Gasteiger partial charge is 0.352 e. The average molecular weight is 369 g/mol. The van der Waals surface area contributed by atoms with Gasteiger partial charge in [0.25, 0.3) is 0 Å². The molecule has 6 nitrogen and oxygen atoms in total. The van der Waals surface area contributed by atoms with Crippen molar-refractivity contribution >= 4 is 24.2 Å². The molecule has 1 aromatic heterocycles. The molecular formula is C18H29ClN4O2. The van der Waals surface area contributed by atoms with Crippen molar-refractivity contribution in [3.05, 3.63) is 30.1 Å². The molecule has 1 aliphatic rings. The molecule has 0 aromatic carbocycles. The first-order valence-corrected chi connectivity index (χ1v) is 8.69. The van der Waals surface area contributed by atoms with E-state index in [4.69, 9.17) is 5.73 Å². The molecule has 2 heterocycles. The Hall–Kier alpha value is -1.66. The van der Waals surface area contributed by atoms with Crippen LogP contribution >= 0.6 is 12.4 Å². The SMILES string of the molecule is CCCC(C)(N)C(=O)N1CCC(C(=O)NCc2cccnc2)CC1.Cl. The molecule has 2 rings (SSSR count). The number of halogens is 1. The van der Waals surface area contributed by atoms with E-state index in [9.17, 15) is 9.59 Å². The van der Waals surface area contributed by atoms with E-state index < -0.39 is 5.54 Å². The first-order valence-electron chi connectivity index (χ1n) is 8.69. The lowest BCUT2D eigenvalue weighted by Gasteiger charge is -2.36. The van der Waals surface area contributed by atoms with E-state index in [1.165, 1.54) is 0 Å². The van der Waals surface area contributed by atoms with E-state index in [0.717, 1.165) is 12.0 Å². The van der Waals surface area contributed by atoms with E-state index in [0.29, 0.717) is 38.9 Å². The number of hydrogen-bond acceptors (Lipinski definition) is 4. The number of amides is 2. The zero-order valence-electron chi connectivity index (χ0n) is 15.0. The summed E-state index contributed by atoms with van der Waals surface area (Å²) in [6.45, 7) is 5.51.